The van der Waals surface area contributed by atoms with E-state index in [0.29, 0.717) is 11.8 Å². The van der Waals surface area contributed by atoms with Crippen molar-refractivity contribution in [3.63, 3.8) is 0 Å². The quantitative estimate of drug-likeness (QED) is 0.491. The molecular weight excluding hydrogens is 200 g/mol. The molecule has 0 aromatic carbocycles. The molecule has 100 valence electrons. The highest BCUT2D eigenvalue weighted by atomic mass is 14.9. The van der Waals surface area contributed by atoms with Gasteiger partial charge in [0.15, 0.2) is 0 Å². The summed E-state index contributed by atoms with van der Waals surface area (Å²) in [6, 6.07) is 0. The summed E-state index contributed by atoms with van der Waals surface area (Å²) < 4.78 is 0. The first-order chi connectivity index (χ1) is 7.49. The molecule has 0 aliphatic rings. The van der Waals surface area contributed by atoms with Crippen molar-refractivity contribution >= 4 is 0 Å². The summed E-state index contributed by atoms with van der Waals surface area (Å²) in [6.07, 6.45) is 4.46. The third kappa shape index (κ3) is 13.8. The van der Waals surface area contributed by atoms with Crippen LogP contribution in [0.2, 0.25) is 0 Å². The third-order valence-corrected chi connectivity index (χ3v) is 2.70. The third-order valence-electron chi connectivity index (χ3n) is 2.70. The van der Waals surface area contributed by atoms with Crippen molar-refractivity contribution in [3.05, 3.63) is 0 Å². The number of rotatable bonds is 7. The lowest BCUT2D eigenvalue weighted by molar-refractivity contribution is 0.432. The van der Waals surface area contributed by atoms with Gasteiger partial charge in [0.25, 0.3) is 0 Å². The molecule has 2 unspecified atom stereocenters. The molecule has 2 atom stereocenters. The SMILES string of the molecule is CC(CN)CCCN.CCCC(C)C(N)N. The van der Waals surface area contributed by atoms with Crippen LogP contribution in [-0.4, -0.2) is 19.3 Å². The van der Waals surface area contributed by atoms with Crippen molar-refractivity contribution < 1.29 is 0 Å². The van der Waals surface area contributed by atoms with E-state index in [2.05, 4.69) is 20.8 Å². The van der Waals surface area contributed by atoms with Crippen LogP contribution >= 0.6 is 0 Å². The van der Waals surface area contributed by atoms with Crippen molar-refractivity contribution in [2.45, 2.75) is 52.6 Å². The van der Waals surface area contributed by atoms with Crippen LogP contribution in [-0.2, 0) is 0 Å². The minimum absolute atomic E-state index is 0.130. The Morgan fingerprint density at radius 3 is 1.81 bits per heavy atom. The summed E-state index contributed by atoms with van der Waals surface area (Å²) >= 11 is 0. The highest BCUT2D eigenvalue weighted by Crippen LogP contribution is 2.04. The van der Waals surface area contributed by atoms with Crippen LogP contribution in [0.4, 0.5) is 0 Å². The lowest BCUT2D eigenvalue weighted by Gasteiger charge is -2.12. The van der Waals surface area contributed by atoms with Gasteiger partial charge in [0.05, 0.1) is 6.17 Å². The summed E-state index contributed by atoms with van der Waals surface area (Å²) in [5.41, 5.74) is 21.5. The zero-order valence-corrected chi connectivity index (χ0v) is 11.3. The average Bonchev–Trinajstić information content (AvgIpc) is 2.27. The largest absolute Gasteiger partial charge is 0.330 e. The first-order valence-corrected chi connectivity index (χ1v) is 6.40. The van der Waals surface area contributed by atoms with E-state index < -0.39 is 0 Å². The molecule has 0 radical (unpaired) electrons. The maximum atomic E-state index is 5.40. The van der Waals surface area contributed by atoms with E-state index in [1.807, 2.05) is 0 Å². The summed E-state index contributed by atoms with van der Waals surface area (Å²) in [7, 11) is 0. The van der Waals surface area contributed by atoms with Gasteiger partial charge in [-0.3, -0.25) is 0 Å². The standard InChI is InChI=1S/2C6H16N2/c1-6(5-8)3-2-4-7;1-3-4-5(2)6(7)8/h6H,2-5,7-8H2,1H3;5-6H,3-4,7-8H2,1-2H3. The molecule has 0 saturated heterocycles. The zero-order valence-electron chi connectivity index (χ0n) is 11.3. The minimum atomic E-state index is -0.130. The molecule has 0 saturated carbocycles. The molecule has 0 aliphatic heterocycles. The van der Waals surface area contributed by atoms with Crippen LogP contribution in [0.1, 0.15) is 46.5 Å². The Bertz CT molecular complexity index is 128. The Hall–Kier alpha value is -0.160. The fraction of sp³-hybridized carbons (Fsp3) is 1.00. The van der Waals surface area contributed by atoms with Crippen molar-refractivity contribution in [2.75, 3.05) is 13.1 Å². The summed E-state index contributed by atoms with van der Waals surface area (Å²) in [5, 5.41) is 0. The Labute approximate surface area is 101 Å². The molecule has 4 nitrogen and oxygen atoms in total. The van der Waals surface area contributed by atoms with E-state index in [1.54, 1.807) is 0 Å². The Morgan fingerprint density at radius 2 is 1.56 bits per heavy atom. The molecule has 0 aromatic rings. The molecule has 0 amide bonds. The minimum Gasteiger partial charge on any atom is -0.330 e. The second kappa shape index (κ2) is 12.9. The number of nitrogens with two attached hydrogens (primary N) is 4. The van der Waals surface area contributed by atoms with Gasteiger partial charge in [0, 0.05) is 0 Å². The van der Waals surface area contributed by atoms with Gasteiger partial charge in [-0.25, -0.2) is 0 Å². The van der Waals surface area contributed by atoms with Gasteiger partial charge >= 0.3 is 0 Å². The van der Waals surface area contributed by atoms with E-state index in [4.69, 9.17) is 22.9 Å². The molecular formula is C12H32N4. The molecule has 0 spiro atoms. The summed E-state index contributed by atoms with van der Waals surface area (Å²) in [6.45, 7) is 7.95. The molecule has 0 fully saturated rings. The average molecular weight is 232 g/mol. The zero-order chi connectivity index (χ0) is 13.0. The van der Waals surface area contributed by atoms with Crippen LogP contribution in [0.5, 0.6) is 0 Å². The number of hydrogen-bond donors (Lipinski definition) is 4. The van der Waals surface area contributed by atoms with E-state index in [1.165, 1.54) is 12.8 Å². The maximum absolute atomic E-state index is 5.40. The number of hydrogen-bond acceptors (Lipinski definition) is 4. The van der Waals surface area contributed by atoms with Crippen molar-refractivity contribution in [1.29, 1.82) is 0 Å². The molecule has 0 aliphatic carbocycles. The van der Waals surface area contributed by atoms with Gasteiger partial charge in [0.1, 0.15) is 0 Å². The summed E-state index contributed by atoms with van der Waals surface area (Å²) in [5.74, 6) is 1.12. The molecule has 16 heavy (non-hydrogen) atoms. The highest BCUT2D eigenvalue weighted by molar-refractivity contribution is 4.60. The fourth-order valence-electron chi connectivity index (χ4n) is 1.23. The van der Waals surface area contributed by atoms with Gasteiger partial charge in [-0.1, -0.05) is 27.2 Å². The van der Waals surface area contributed by atoms with Crippen molar-refractivity contribution in [2.24, 2.45) is 34.8 Å². The van der Waals surface area contributed by atoms with E-state index in [0.717, 1.165) is 25.9 Å². The fourth-order valence-corrected chi connectivity index (χ4v) is 1.23. The van der Waals surface area contributed by atoms with Gasteiger partial charge in [-0.05, 0) is 44.2 Å². The van der Waals surface area contributed by atoms with E-state index in [9.17, 15) is 0 Å². The Balaban J connectivity index is 0. The molecule has 0 rings (SSSR count). The monoisotopic (exact) mass is 232 g/mol. The predicted molar refractivity (Wildman–Crippen MR) is 72.7 cm³/mol. The van der Waals surface area contributed by atoms with Gasteiger partial charge < -0.3 is 22.9 Å². The van der Waals surface area contributed by atoms with Gasteiger partial charge in [0.2, 0.25) is 0 Å². The molecule has 0 aromatic heterocycles. The molecule has 8 N–H and O–H groups in total. The summed E-state index contributed by atoms with van der Waals surface area (Å²) in [4.78, 5) is 0. The van der Waals surface area contributed by atoms with Crippen LogP contribution in [0.25, 0.3) is 0 Å². The van der Waals surface area contributed by atoms with Crippen molar-refractivity contribution in [3.8, 4) is 0 Å². The Kier molecular flexibility index (Phi) is 14.7. The first kappa shape index (κ1) is 18.2. The molecule has 0 heterocycles. The first-order valence-electron chi connectivity index (χ1n) is 6.40. The second-order valence-electron chi connectivity index (χ2n) is 4.62. The van der Waals surface area contributed by atoms with E-state index >= 15 is 0 Å². The van der Waals surface area contributed by atoms with Crippen LogP contribution in [0, 0.1) is 11.8 Å². The van der Waals surface area contributed by atoms with Gasteiger partial charge in [-0.15, -0.1) is 0 Å². The molecule has 4 heteroatoms. The lowest BCUT2D eigenvalue weighted by Crippen LogP contribution is -2.37. The van der Waals surface area contributed by atoms with Gasteiger partial charge in [-0.2, -0.15) is 0 Å². The van der Waals surface area contributed by atoms with Crippen LogP contribution in [0.3, 0.4) is 0 Å². The van der Waals surface area contributed by atoms with E-state index in [-0.39, 0.29) is 6.17 Å². The normalized spacial score (nSPS) is 14.2. The smallest absolute Gasteiger partial charge is 0.0547 e. The lowest BCUT2D eigenvalue weighted by atomic mass is 10.0. The van der Waals surface area contributed by atoms with Crippen LogP contribution in [0.15, 0.2) is 0 Å². The Morgan fingerprint density at radius 1 is 1.00 bits per heavy atom. The van der Waals surface area contributed by atoms with Crippen LogP contribution < -0.4 is 22.9 Å². The topological polar surface area (TPSA) is 104 Å². The second-order valence-corrected chi connectivity index (χ2v) is 4.62. The highest BCUT2D eigenvalue weighted by Gasteiger charge is 2.04. The predicted octanol–water partition coefficient (Wildman–Crippen LogP) is 0.986. The van der Waals surface area contributed by atoms with Crippen molar-refractivity contribution in [1.82, 2.24) is 0 Å². The maximum Gasteiger partial charge on any atom is 0.0547 e. The molecule has 0 bridgehead atoms.